The fraction of sp³-hybridized carbons (Fsp3) is 0.692. The molecule has 1 fully saturated rings. The van der Waals surface area contributed by atoms with Gasteiger partial charge in [0.05, 0.1) is 12.3 Å². The molecular formula is C13H20N2O3. The number of nitrogens with zero attached hydrogens (tertiary/aromatic N) is 2. The molecule has 1 saturated heterocycles. The molecule has 0 bridgehead atoms. The number of rotatable bonds is 4. The maximum absolute atomic E-state index is 11.8. The molecule has 0 aromatic carbocycles. The first kappa shape index (κ1) is 13.1. The van der Waals surface area contributed by atoms with Crippen molar-refractivity contribution in [3.63, 3.8) is 0 Å². The van der Waals surface area contributed by atoms with E-state index in [1.54, 1.807) is 10.9 Å². The Labute approximate surface area is 107 Å². The van der Waals surface area contributed by atoms with E-state index in [0.29, 0.717) is 18.1 Å². The number of hydrogen-bond acceptors (Lipinski definition) is 4. The Kier molecular flexibility index (Phi) is 4.36. The molecule has 0 atom stereocenters. The van der Waals surface area contributed by atoms with E-state index in [1.807, 2.05) is 14.0 Å². The van der Waals surface area contributed by atoms with Gasteiger partial charge in [-0.15, -0.1) is 0 Å². The van der Waals surface area contributed by atoms with Gasteiger partial charge in [0.25, 0.3) is 0 Å². The molecule has 2 rings (SSSR count). The average molecular weight is 252 g/mol. The summed E-state index contributed by atoms with van der Waals surface area (Å²) in [5.41, 5.74) is 1.45. The fourth-order valence-corrected chi connectivity index (χ4v) is 2.29. The van der Waals surface area contributed by atoms with Crippen LogP contribution in [0.2, 0.25) is 0 Å². The number of carbonyl (C=O) groups excluding carboxylic acids is 1. The van der Waals surface area contributed by atoms with Crippen molar-refractivity contribution in [1.82, 2.24) is 9.78 Å². The molecular weight excluding hydrogens is 232 g/mol. The number of hydrogen-bond donors (Lipinski definition) is 0. The summed E-state index contributed by atoms with van der Waals surface area (Å²) in [4.78, 5) is 11.8. The lowest BCUT2D eigenvalue weighted by atomic mass is 9.94. The van der Waals surface area contributed by atoms with Crippen molar-refractivity contribution in [3.05, 3.63) is 17.5 Å². The maximum atomic E-state index is 11.8. The van der Waals surface area contributed by atoms with Crippen molar-refractivity contribution in [2.24, 2.45) is 13.0 Å². The van der Waals surface area contributed by atoms with E-state index in [-0.39, 0.29) is 5.97 Å². The highest BCUT2D eigenvalue weighted by atomic mass is 16.5. The first-order chi connectivity index (χ1) is 8.70. The zero-order chi connectivity index (χ0) is 13.0. The second kappa shape index (κ2) is 6.00. The molecule has 1 aliphatic heterocycles. The Morgan fingerprint density at radius 3 is 2.94 bits per heavy atom. The molecule has 1 aromatic heterocycles. The second-order valence-corrected chi connectivity index (χ2v) is 4.64. The van der Waals surface area contributed by atoms with Crippen LogP contribution in [0.15, 0.2) is 6.20 Å². The van der Waals surface area contributed by atoms with E-state index in [9.17, 15) is 4.79 Å². The maximum Gasteiger partial charge on any atom is 0.341 e. The zero-order valence-corrected chi connectivity index (χ0v) is 11.0. The predicted molar refractivity (Wildman–Crippen MR) is 66.4 cm³/mol. The number of esters is 1. The number of carbonyl (C=O) groups is 1. The van der Waals surface area contributed by atoms with Gasteiger partial charge in [-0.2, -0.15) is 5.10 Å². The third-order valence-electron chi connectivity index (χ3n) is 3.22. The van der Waals surface area contributed by atoms with Crippen LogP contribution in [0.5, 0.6) is 0 Å². The van der Waals surface area contributed by atoms with E-state index in [1.165, 1.54) is 0 Å². The summed E-state index contributed by atoms with van der Waals surface area (Å²) in [5, 5.41) is 4.38. The highest BCUT2D eigenvalue weighted by Gasteiger charge is 2.21. The van der Waals surface area contributed by atoms with Crippen molar-refractivity contribution >= 4 is 5.97 Å². The van der Waals surface area contributed by atoms with Gasteiger partial charge in [0.15, 0.2) is 0 Å². The lowest BCUT2D eigenvalue weighted by molar-refractivity contribution is 0.0522. The lowest BCUT2D eigenvalue weighted by Gasteiger charge is -2.21. The molecule has 100 valence electrons. The highest BCUT2D eigenvalue weighted by molar-refractivity contribution is 5.90. The largest absolute Gasteiger partial charge is 0.462 e. The Hall–Kier alpha value is -1.36. The van der Waals surface area contributed by atoms with Gasteiger partial charge < -0.3 is 9.47 Å². The summed E-state index contributed by atoms with van der Waals surface area (Å²) in [7, 11) is 1.83. The summed E-state index contributed by atoms with van der Waals surface area (Å²) in [6.07, 6.45) is 4.66. The zero-order valence-electron chi connectivity index (χ0n) is 11.0. The molecule has 0 N–H and O–H groups in total. The van der Waals surface area contributed by atoms with Crippen LogP contribution >= 0.6 is 0 Å². The Bertz CT molecular complexity index is 408. The van der Waals surface area contributed by atoms with Crippen LogP contribution in [0.1, 0.15) is 35.8 Å². The molecule has 18 heavy (non-hydrogen) atoms. The Balaban J connectivity index is 2.08. The van der Waals surface area contributed by atoms with Gasteiger partial charge in [0.2, 0.25) is 0 Å². The summed E-state index contributed by atoms with van der Waals surface area (Å²) in [5.74, 6) is 0.287. The lowest BCUT2D eigenvalue weighted by Crippen LogP contribution is -2.19. The van der Waals surface area contributed by atoms with Gasteiger partial charge in [-0.3, -0.25) is 4.68 Å². The molecule has 5 nitrogen and oxygen atoms in total. The minimum Gasteiger partial charge on any atom is -0.462 e. The molecule has 0 aliphatic carbocycles. The summed E-state index contributed by atoms with van der Waals surface area (Å²) >= 11 is 0. The van der Waals surface area contributed by atoms with Gasteiger partial charge in [-0.05, 0) is 32.1 Å². The fourth-order valence-electron chi connectivity index (χ4n) is 2.29. The molecule has 5 heteroatoms. The molecule has 0 radical (unpaired) electrons. The smallest absolute Gasteiger partial charge is 0.341 e. The van der Waals surface area contributed by atoms with Crippen LogP contribution in [0.4, 0.5) is 0 Å². The van der Waals surface area contributed by atoms with E-state index >= 15 is 0 Å². The topological polar surface area (TPSA) is 53.4 Å². The van der Waals surface area contributed by atoms with Crippen LogP contribution in [0.3, 0.4) is 0 Å². The quantitative estimate of drug-likeness (QED) is 0.763. The van der Waals surface area contributed by atoms with Gasteiger partial charge in [-0.1, -0.05) is 0 Å². The standard InChI is InChI=1S/C13H20N2O3/c1-3-18-13(16)11-9-15(2)14-12(11)8-10-4-6-17-7-5-10/h9-10H,3-8H2,1-2H3. The van der Waals surface area contributed by atoms with Gasteiger partial charge in [0, 0.05) is 26.5 Å². The average Bonchev–Trinajstić information content (AvgIpc) is 2.72. The third kappa shape index (κ3) is 3.10. The molecule has 2 heterocycles. The van der Waals surface area contributed by atoms with Crippen LogP contribution < -0.4 is 0 Å². The SMILES string of the molecule is CCOC(=O)c1cn(C)nc1CC1CCOCC1. The van der Waals surface area contributed by atoms with Crippen molar-refractivity contribution in [1.29, 1.82) is 0 Å². The molecule has 0 amide bonds. The Morgan fingerprint density at radius 1 is 1.56 bits per heavy atom. The normalized spacial score (nSPS) is 16.8. The predicted octanol–water partition coefficient (Wildman–Crippen LogP) is 1.57. The van der Waals surface area contributed by atoms with E-state index in [2.05, 4.69) is 5.10 Å². The van der Waals surface area contributed by atoms with Gasteiger partial charge in [0.1, 0.15) is 5.56 Å². The summed E-state index contributed by atoms with van der Waals surface area (Å²) < 4.78 is 12.1. The highest BCUT2D eigenvalue weighted by Crippen LogP contribution is 2.21. The molecule has 0 spiro atoms. The van der Waals surface area contributed by atoms with E-state index in [4.69, 9.17) is 9.47 Å². The van der Waals surface area contributed by atoms with Crippen molar-refractivity contribution in [2.45, 2.75) is 26.2 Å². The first-order valence-corrected chi connectivity index (χ1v) is 6.48. The van der Waals surface area contributed by atoms with Gasteiger partial charge in [-0.25, -0.2) is 4.79 Å². The van der Waals surface area contributed by atoms with Crippen LogP contribution in [-0.2, 0) is 22.9 Å². The first-order valence-electron chi connectivity index (χ1n) is 6.48. The molecule has 0 unspecified atom stereocenters. The van der Waals surface area contributed by atoms with Gasteiger partial charge >= 0.3 is 5.97 Å². The van der Waals surface area contributed by atoms with E-state index < -0.39 is 0 Å². The number of aromatic nitrogens is 2. The monoisotopic (exact) mass is 252 g/mol. The number of ether oxygens (including phenoxy) is 2. The minimum absolute atomic E-state index is 0.271. The number of aryl methyl sites for hydroxylation is 1. The van der Waals surface area contributed by atoms with E-state index in [0.717, 1.165) is 38.2 Å². The summed E-state index contributed by atoms with van der Waals surface area (Å²) in [6, 6.07) is 0. The third-order valence-corrected chi connectivity index (χ3v) is 3.22. The molecule has 1 aliphatic rings. The molecule has 1 aromatic rings. The van der Waals surface area contributed by atoms with Crippen LogP contribution in [0, 0.1) is 5.92 Å². The van der Waals surface area contributed by atoms with Crippen molar-refractivity contribution in [3.8, 4) is 0 Å². The Morgan fingerprint density at radius 2 is 2.28 bits per heavy atom. The van der Waals surface area contributed by atoms with Crippen LogP contribution in [-0.4, -0.2) is 35.6 Å². The summed E-state index contributed by atoms with van der Waals surface area (Å²) in [6.45, 7) is 3.83. The molecule has 0 saturated carbocycles. The second-order valence-electron chi connectivity index (χ2n) is 4.64. The van der Waals surface area contributed by atoms with Crippen molar-refractivity contribution < 1.29 is 14.3 Å². The van der Waals surface area contributed by atoms with Crippen LogP contribution in [0.25, 0.3) is 0 Å². The minimum atomic E-state index is -0.271. The van der Waals surface area contributed by atoms with Crippen molar-refractivity contribution in [2.75, 3.05) is 19.8 Å².